The highest BCUT2D eigenvalue weighted by atomic mass is 32.1. The minimum absolute atomic E-state index is 0.220. The van der Waals surface area contributed by atoms with E-state index in [0.717, 1.165) is 16.8 Å². The Morgan fingerprint density at radius 2 is 2.17 bits per heavy atom. The fourth-order valence-electron chi connectivity index (χ4n) is 3.56. The van der Waals surface area contributed by atoms with Crippen LogP contribution in [0.1, 0.15) is 43.6 Å². The summed E-state index contributed by atoms with van der Waals surface area (Å²) in [6.07, 6.45) is 6.76. The van der Waals surface area contributed by atoms with Crippen molar-refractivity contribution in [3.63, 3.8) is 0 Å². The summed E-state index contributed by atoms with van der Waals surface area (Å²) in [5.41, 5.74) is 3.00. The number of aryl methyl sites for hydroxylation is 2. The van der Waals surface area contributed by atoms with E-state index in [-0.39, 0.29) is 12.2 Å². The zero-order valence-corrected chi connectivity index (χ0v) is 18.0. The van der Waals surface area contributed by atoms with Gasteiger partial charge in [0.1, 0.15) is 6.04 Å². The molecule has 0 saturated heterocycles. The minimum Gasteiger partial charge on any atom is -0.472 e. The van der Waals surface area contributed by atoms with Crippen molar-refractivity contribution in [2.75, 3.05) is 6.61 Å². The van der Waals surface area contributed by atoms with Gasteiger partial charge in [0.15, 0.2) is 4.80 Å². The van der Waals surface area contributed by atoms with E-state index in [2.05, 4.69) is 10.1 Å². The molecule has 0 radical (unpaired) electrons. The van der Waals surface area contributed by atoms with Gasteiger partial charge in [0, 0.05) is 23.9 Å². The van der Waals surface area contributed by atoms with Crippen LogP contribution < -0.4 is 14.9 Å². The van der Waals surface area contributed by atoms with Crippen molar-refractivity contribution >= 4 is 23.4 Å². The number of hydrogen-bond acceptors (Lipinski definition) is 7. The van der Waals surface area contributed by atoms with Gasteiger partial charge in [-0.1, -0.05) is 11.3 Å². The topological polar surface area (TPSA) is 91.6 Å². The number of furan rings is 1. The molecule has 0 aromatic carbocycles. The molecule has 156 valence electrons. The second kappa shape index (κ2) is 7.91. The Hall–Kier alpha value is -3.20. The number of allylic oxidation sites excluding steroid dienone is 1. The fourth-order valence-corrected chi connectivity index (χ4v) is 4.60. The maximum absolute atomic E-state index is 13.4. The Morgan fingerprint density at radius 3 is 2.80 bits per heavy atom. The predicted octanol–water partition coefficient (Wildman–Crippen LogP) is 1.92. The van der Waals surface area contributed by atoms with Gasteiger partial charge in [-0.2, -0.15) is 5.10 Å². The molecular formula is C21H22N4O4S. The molecule has 0 unspecified atom stereocenters. The van der Waals surface area contributed by atoms with Gasteiger partial charge < -0.3 is 9.15 Å². The second-order valence-electron chi connectivity index (χ2n) is 6.88. The molecule has 30 heavy (non-hydrogen) atoms. The molecule has 0 saturated carbocycles. The Morgan fingerprint density at radius 1 is 1.37 bits per heavy atom. The van der Waals surface area contributed by atoms with E-state index in [4.69, 9.17) is 9.15 Å². The zero-order valence-electron chi connectivity index (χ0n) is 17.2. The van der Waals surface area contributed by atoms with Crippen molar-refractivity contribution < 1.29 is 13.9 Å². The molecule has 1 aliphatic heterocycles. The number of nitrogens with zero attached hydrogens (tertiary/aromatic N) is 4. The Kier molecular flexibility index (Phi) is 5.29. The average molecular weight is 426 g/mol. The lowest BCUT2D eigenvalue weighted by molar-refractivity contribution is -0.139. The van der Waals surface area contributed by atoms with Crippen LogP contribution in [-0.4, -0.2) is 26.9 Å². The van der Waals surface area contributed by atoms with Crippen LogP contribution in [0.2, 0.25) is 0 Å². The van der Waals surface area contributed by atoms with Crippen LogP contribution in [0.4, 0.5) is 0 Å². The van der Waals surface area contributed by atoms with Crippen molar-refractivity contribution in [1.29, 1.82) is 0 Å². The van der Waals surface area contributed by atoms with Crippen LogP contribution in [-0.2, 0) is 16.1 Å². The lowest BCUT2D eigenvalue weighted by atomic mass is 9.96. The molecule has 4 rings (SSSR count). The average Bonchev–Trinajstić information content (AvgIpc) is 3.42. The second-order valence-corrected chi connectivity index (χ2v) is 7.89. The quantitative estimate of drug-likeness (QED) is 0.581. The molecule has 3 aromatic rings. The molecule has 9 heteroatoms. The molecule has 4 heterocycles. The van der Waals surface area contributed by atoms with Gasteiger partial charge in [0.25, 0.3) is 5.56 Å². The summed E-state index contributed by atoms with van der Waals surface area (Å²) < 4.78 is 14.3. The summed E-state index contributed by atoms with van der Waals surface area (Å²) in [7, 11) is 0. The first kappa shape index (κ1) is 20.1. The number of ether oxygens (including phenoxy) is 1. The third kappa shape index (κ3) is 3.35. The van der Waals surface area contributed by atoms with Crippen LogP contribution in [0.15, 0.2) is 50.3 Å². The largest absolute Gasteiger partial charge is 0.472 e. The number of rotatable bonds is 5. The number of esters is 1. The van der Waals surface area contributed by atoms with Crippen LogP contribution >= 0.6 is 11.3 Å². The van der Waals surface area contributed by atoms with Crippen molar-refractivity contribution in [2.45, 2.75) is 40.3 Å². The minimum atomic E-state index is -0.646. The van der Waals surface area contributed by atoms with Crippen LogP contribution in [0.5, 0.6) is 0 Å². The number of carbonyl (C=O) groups excluding carboxylic acids is 1. The summed E-state index contributed by atoms with van der Waals surface area (Å²) in [5, 5.41) is 4.52. The first-order valence-electron chi connectivity index (χ1n) is 9.70. The van der Waals surface area contributed by atoms with Crippen molar-refractivity contribution in [1.82, 2.24) is 14.3 Å². The lowest BCUT2D eigenvalue weighted by Crippen LogP contribution is -2.40. The van der Waals surface area contributed by atoms with Crippen LogP contribution in [0.25, 0.3) is 6.08 Å². The lowest BCUT2D eigenvalue weighted by Gasteiger charge is -2.24. The van der Waals surface area contributed by atoms with E-state index in [1.165, 1.54) is 11.3 Å². The first-order valence-corrected chi connectivity index (χ1v) is 10.5. The summed E-state index contributed by atoms with van der Waals surface area (Å²) in [4.78, 5) is 31.4. The Labute approximate surface area is 176 Å². The van der Waals surface area contributed by atoms with Gasteiger partial charge in [-0.3, -0.25) is 14.0 Å². The SMILES string of the molecule is CCOC(=O)C1=C(C)N=c2s/c(=C/c3ccoc3)c(=O)n2[C@H]1c1cn(CC)nc1C. The summed E-state index contributed by atoms with van der Waals surface area (Å²) in [5.74, 6) is -0.475. The molecule has 0 N–H and O–H groups in total. The van der Waals surface area contributed by atoms with Gasteiger partial charge in [-0.15, -0.1) is 0 Å². The molecule has 1 atom stereocenters. The fraction of sp³-hybridized carbons (Fsp3) is 0.333. The van der Waals surface area contributed by atoms with Gasteiger partial charge in [0.2, 0.25) is 0 Å². The molecule has 0 aliphatic carbocycles. The Balaban J connectivity index is 1.99. The van der Waals surface area contributed by atoms with Crippen molar-refractivity contribution in [2.24, 2.45) is 4.99 Å². The van der Waals surface area contributed by atoms with E-state index in [1.54, 1.807) is 47.8 Å². The highest BCUT2D eigenvalue weighted by Gasteiger charge is 2.35. The summed E-state index contributed by atoms with van der Waals surface area (Å²) in [6.45, 7) is 8.30. The highest BCUT2D eigenvalue weighted by molar-refractivity contribution is 7.07. The zero-order chi connectivity index (χ0) is 21.4. The molecule has 0 bridgehead atoms. The highest BCUT2D eigenvalue weighted by Crippen LogP contribution is 2.32. The molecular weight excluding hydrogens is 404 g/mol. The molecule has 0 spiro atoms. The maximum atomic E-state index is 13.4. The van der Waals surface area contributed by atoms with Gasteiger partial charge in [0.05, 0.1) is 40.6 Å². The van der Waals surface area contributed by atoms with E-state index < -0.39 is 12.0 Å². The van der Waals surface area contributed by atoms with Crippen molar-refractivity contribution in [3.8, 4) is 0 Å². The van der Waals surface area contributed by atoms with Gasteiger partial charge >= 0.3 is 5.97 Å². The van der Waals surface area contributed by atoms with Crippen LogP contribution in [0, 0.1) is 6.92 Å². The predicted molar refractivity (Wildman–Crippen MR) is 112 cm³/mol. The third-order valence-corrected chi connectivity index (χ3v) is 5.94. The summed E-state index contributed by atoms with van der Waals surface area (Å²) >= 11 is 1.28. The normalized spacial score (nSPS) is 16.5. The third-order valence-electron chi connectivity index (χ3n) is 4.96. The monoisotopic (exact) mass is 426 g/mol. The van der Waals surface area contributed by atoms with E-state index >= 15 is 0 Å². The molecule has 3 aromatic heterocycles. The van der Waals surface area contributed by atoms with E-state index in [1.807, 2.05) is 20.0 Å². The number of thiazole rings is 1. The molecule has 8 nitrogen and oxygen atoms in total. The smallest absolute Gasteiger partial charge is 0.338 e. The van der Waals surface area contributed by atoms with Crippen molar-refractivity contribution in [3.05, 3.63) is 72.6 Å². The molecule has 1 aliphatic rings. The number of hydrogen-bond donors (Lipinski definition) is 0. The molecule has 0 amide bonds. The standard InChI is InChI=1S/C21H22N4O4S/c1-5-24-10-15(12(3)23-24)18-17(20(27)29-6-2)13(4)22-21-25(18)19(26)16(30-21)9-14-7-8-28-11-14/h7-11,18H,5-6H2,1-4H3/b16-9+/t18-/m0/s1. The Bertz CT molecular complexity index is 1310. The summed E-state index contributed by atoms with van der Waals surface area (Å²) in [6, 6.07) is 1.13. The van der Waals surface area contributed by atoms with Gasteiger partial charge in [-0.25, -0.2) is 9.79 Å². The molecule has 0 fully saturated rings. The van der Waals surface area contributed by atoms with Gasteiger partial charge in [-0.05, 0) is 39.8 Å². The number of carbonyl (C=O) groups is 1. The number of aromatic nitrogens is 3. The first-order chi connectivity index (χ1) is 14.4. The maximum Gasteiger partial charge on any atom is 0.338 e. The number of fused-ring (bicyclic) bond motifs is 1. The van der Waals surface area contributed by atoms with E-state index in [0.29, 0.717) is 27.1 Å². The van der Waals surface area contributed by atoms with E-state index in [9.17, 15) is 9.59 Å². The van der Waals surface area contributed by atoms with Crippen LogP contribution in [0.3, 0.4) is 0 Å².